The summed E-state index contributed by atoms with van der Waals surface area (Å²) in [6.45, 7) is 1.66. The minimum Gasteiger partial charge on any atom is -0.339 e. The van der Waals surface area contributed by atoms with Crippen molar-refractivity contribution in [3.63, 3.8) is 0 Å². The van der Waals surface area contributed by atoms with E-state index in [4.69, 9.17) is 5.73 Å². The zero-order valence-corrected chi connectivity index (χ0v) is 12.0. The zero-order valence-electron chi connectivity index (χ0n) is 12.0. The van der Waals surface area contributed by atoms with E-state index in [0.717, 1.165) is 25.1 Å². The summed E-state index contributed by atoms with van der Waals surface area (Å²) in [6.07, 6.45) is 3.54. The van der Waals surface area contributed by atoms with Gasteiger partial charge in [0.15, 0.2) is 0 Å². The maximum atomic E-state index is 12.6. The fraction of sp³-hybridized carbons (Fsp3) is 0.562. The highest BCUT2D eigenvalue weighted by Gasteiger charge is 2.37. The van der Waals surface area contributed by atoms with Crippen molar-refractivity contribution in [1.82, 2.24) is 9.80 Å². The smallest absolute Gasteiger partial charge is 0.244 e. The first-order chi connectivity index (χ1) is 9.66. The van der Waals surface area contributed by atoms with Crippen LogP contribution in [-0.4, -0.2) is 47.9 Å². The number of likely N-dealkylation sites (N-methyl/N-ethyl adjacent to an activating group) is 1. The number of fused-ring (bicyclic) bond motifs is 2. The fourth-order valence-electron chi connectivity index (χ4n) is 3.51. The molecule has 2 heterocycles. The number of carbonyl (C=O) groups is 1. The molecule has 3 atom stereocenters. The SMILES string of the molecule is CN1C2CCC1CN(C(=O)C(N)c1ccccc1)CC2. The van der Waals surface area contributed by atoms with Crippen molar-refractivity contribution in [2.75, 3.05) is 20.1 Å². The minimum atomic E-state index is -0.530. The van der Waals surface area contributed by atoms with Crippen molar-refractivity contribution < 1.29 is 4.79 Å². The van der Waals surface area contributed by atoms with Gasteiger partial charge in [0.1, 0.15) is 6.04 Å². The molecule has 0 aromatic heterocycles. The number of nitrogens with two attached hydrogens (primary N) is 1. The summed E-state index contributed by atoms with van der Waals surface area (Å²) in [4.78, 5) is 17.0. The van der Waals surface area contributed by atoms with E-state index >= 15 is 0 Å². The lowest BCUT2D eigenvalue weighted by Gasteiger charge is -2.28. The van der Waals surface area contributed by atoms with Gasteiger partial charge in [0.2, 0.25) is 5.91 Å². The minimum absolute atomic E-state index is 0.0668. The largest absolute Gasteiger partial charge is 0.339 e. The predicted octanol–water partition coefficient (Wildman–Crippen LogP) is 1.38. The van der Waals surface area contributed by atoms with Gasteiger partial charge in [-0.3, -0.25) is 9.69 Å². The monoisotopic (exact) mass is 273 g/mol. The number of benzene rings is 1. The van der Waals surface area contributed by atoms with E-state index in [1.807, 2.05) is 35.2 Å². The number of likely N-dealkylation sites (tertiary alicyclic amines) is 1. The van der Waals surface area contributed by atoms with Gasteiger partial charge in [0, 0.05) is 25.2 Å². The van der Waals surface area contributed by atoms with E-state index in [9.17, 15) is 4.79 Å². The lowest BCUT2D eigenvalue weighted by molar-refractivity contribution is -0.133. The summed E-state index contributed by atoms with van der Waals surface area (Å²) in [5.74, 6) is 0.0668. The van der Waals surface area contributed by atoms with Crippen LogP contribution in [0.4, 0.5) is 0 Å². The number of nitrogens with zero attached hydrogens (tertiary/aromatic N) is 2. The molecular weight excluding hydrogens is 250 g/mol. The standard InChI is InChI=1S/C16H23N3O/c1-18-13-7-8-14(18)11-19(10-9-13)16(20)15(17)12-5-3-2-4-6-12/h2-6,13-15H,7-11,17H2,1H3. The summed E-state index contributed by atoms with van der Waals surface area (Å²) < 4.78 is 0. The highest BCUT2D eigenvalue weighted by molar-refractivity contribution is 5.83. The molecule has 0 radical (unpaired) electrons. The van der Waals surface area contributed by atoms with Gasteiger partial charge in [0.25, 0.3) is 0 Å². The van der Waals surface area contributed by atoms with E-state index in [-0.39, 0.29) is 5.91 Å². The molecule has 2 N–H and O–H groups in total. The predicted molar refractivity (Wildman–Crippen MR) is 79.1 cm³/mol. The number of hydrogen-bond acceptors (Lipinski definition) is 3. The number of rotatable bonds is 2. The average molecular weight is 273 g/mol. The summed E-state index contributed by atoms with van der Waals surface area (Å²) in [5.41, 5.74) is 7.05. The maximum absolute atomic E-state index is 12.6. The summed E-state index contributed by atoms with van der Waals surface area (Å²) >= 11 is 0. The van der Waals surface area contributed by atoms with Crippen LogP contribution in [0.2, 0.25) is 0 Å². The third-order valence-electron chi connectivity index (χ3n) is 4.88. The van der Waals surface area contributed by atoms with Crippen molar-refractivity contribution in [1.29, 1.82) is 0 Å². The summed E-state index contributed by atoms with van der Waals surface area (Å²) in [7, 11) is 2.19. The molecule has 4 nitrogen and oxygen atoms in total. The molecule has 2 saturated heterocycles. The van der Waals surface area contributed by atoms with Crippen molar-refractivity contribution in [2.24, 2.45) is 5.73 Å². The first-order valence-corrected chi connectivity index (χ1v) is 7.48. The zero-order chi connectivity index (χ0) is 14.1. The Labute approximate surface area is 120 Å². The highest BCUT2D eigenvalue weighted by Crippen LogP contribution is 2.29. The normalized spacial score (nSPS) is 28.2. The van der Waals surface area contributed by atoms with Crippen LogP contribution in [0.3, 0.4) is 0 Å². The second-order valence-electron chi connectivity index (χ2n) is 6.01. The van der Waals surface area contributed by atoms with Gasteiger partial charge in [-0.2, -0.15) is 0 Å². The van der Waals surface area contributed by atoms with E-state index in [2.05, 4.69) is 11.9 Å². The lowest BCUT2D eigenvalue weighted by atomic mass is 10.0. The molecule has 3 rings (SSSR count). The Morgan fingerprint density at radius 3 is 2.65 bits per heavy atom. The molecule has 0 spiro atoms. The first-order valence-electron chi connectivity index (χ1n) is 7.48. The number of carbonyl (C=O) groups excluding carboxylic acids is 1. The summed E-state index contributed by atoms with van der Waals surface area (Å²) in [6, 6.07) is 10.3. The average Bonchev–Trinajstić information content (AvgIpc) is 2.72. The van der Waals surface area contributed by atoms with E-state index < -0.39 is 6.04 Å². The van der Waals surface area contributed by atoms with E-state index in [1.165, 1.54) is 12.8 Å². The Morgan fingerprint density at radius 2 is 1.90 bits per heavy atom. The fourth-order valence-corrected chi connectivity index (χ4v) is 3.51. The number of hydrogen-bond donors (Lipinski definition) is 1. The molecule has 2 bridgehead atoms. The second kappa shape index (κ2) is 5.54. The maximum Gasteiger partial charge on any atom is 0.244 e. The Kier molecular flexibility index (Phi) is 3.76. The van der Waals surface area contributed by atoms with Gasteiger partial charge in [-0.1, -0.05) is 30.3 Å². The molecule has 1 aromatic carbocycles. The topological polar surface area (TPSA) is 49.6 Å². The van der Waals surface area contributed by atoms with Gasteiger partial charge in [-0.25, -0.2) is 0 Å². The van der Waals surface area contributed by atoms with Crippen LogP contribution in [0.15, 0.2) is 30.3 Å². The van der Waals surface area contributed by atoms with Gasteiger partial charge in [0.05, 0.1) is 0 Å². The lowest BCUT2D eigenvalue weighted by Crippen LogP contribution is -2.43. The van der Waals surface area contributed by atoms with Crippen LogP contribution in [-0.2, 0) is 4.79 Å². The van der Waals surface area contributed by atoms with Crippen LogP contribution < -0.4 is 5.73 Å². The van der Waals surface area contributed by atoms with Crippen LogP contribution in [0.25, 0.3) is 0 Å². The molecule has 1 aromatic rings. The molecule has 1 amide bonds. The molecule has 20 heavy (non-hydrogen) atoms. The van der Waals surface area contributed by atoms with Gasteiger partial charge in [-0.05, 0) is 31.9 Å². The Hall–Kier alpha value is -1.39. The molecular formula is C16H23N3O. The quantitative estimate of drug-likeness (QED) is 0.885. The molecule has 2 aliphatic heterocycles. The third kappa shape index (κ3) is 2.45. The second-order valence-corrected chi connectivity index (χ2v) is 6.01. The Morgan fingerprint density at radius 1 is 1.20 bits per heavy atom. The molecule has 108 valence electrons. The molecule has 2 aliphatic rings. The van der Waals surface area contributed by atoms with Crippen molar-refractivity contribution >= 4 is 5.91 Å². The Balaban J connectivity index is 1.71. The van der Waals surface area contributed by atoms with E-state index in [1.54, 1.807) is 0 Å². The van der Waals surface area contributed by atoms with Crippen LogP contribution >= 0.6 is 0 Å². The molecule has 0 saturated carbocycles. The Bertz CT molecular complexity index is 476. The van der Waals surface area contributed by atoms with Gasteiger partial charge in [-0.15, -0.1) is 0 Å². The molecule has 4 heteroatoms. The summed E-state index contributed by atoms with van der Waals surface area (Å²) in [5, 5.41) is 0. The number of amides is 1. The van der Waals surface area contributed by atoms with Crippen LogP contribution in [0, 0.1) is 0 Å². The van der Waals surface area contributed by atoms with Gasteiger partial charge < -0.3 is 10.6 Å². The molecule has 2 fully saturated rings. The first kappa shape index (κ1) is 13.6. The highest BCUT2D eigenvalue weighted by atomic mass is 16.2. The van der Waals surface area contributed by atoms with Gasteiger partial charge >= 0.3 is 0 Å². The molecule has 3 unspecified atom stereocenters. The van der Waals surface area contributed by atoms with Crippen molar-refractivity contribution in [3.8, 4) is 0 Å². The van der Waals surface area contributed by atoms with Crippen LogP contribution in [0.5, 0.6) is 0 Å². The molecule has 0 aliphatic carbocycles. The third-order valence-corrected chi connectivity index (χ3v) is 4.88. The van der Waals surface area contributed by atoms with E-state index in [0.29, 0.717) is 12.1 Å². The van der Waals surface area contributed by atoms with Crippen molar-refractivity contribution in [2.45, 2.75) is 37.4 Å². The van der Waals surface area contributed by atoms with Crippen LogP contribution in [0.1, 0.15) is 30.9 Å². The van der Waals surface area contributed by atoms with Crippen molar-refractivity contribution in [3.05, 3.63) is 35.9 Å².